The molecule has 4 aliphatic carbocycles. The van der Waals surface area contributed by atoms with Gasteiger partial charge in [-0.2, -0.15) is 26.3 Å². The van der Waals surface area contributed by atoms with Crippen LogP contribution in [0, 0.1) is 46.3 Å². The van der Waals surface area contributed by atoms with Crippen LogP contribution in [0.5, 0.6) is 0 Å². The van der Waals surface area contributed by atoms with Gasteiger partial charge in [-0.15, -0.1) is 0 Å². The summed E-state index contributed by atoms with van der Waals surface area (Å²) in [6, 6.07) is 0. The first kappa shape index (κ1) is 27.2. The van der Waals surface area contributed by atoms with E-state index in [1.165, 1.54) is 25.7 Å². The number of fused-ring (bicyclic) bond motifs is 5. The second-order valence-electron chi connectivity index (χ2n) is 12.8. The third-order valence-corrected chi connectivity index (χ3v) is 11.2. The average Bonchev–Trinajstić information content (AvgIpc) is 3.02. The normalized spacial score (nSPS) is 41.2. The molecule has 0 spiro atoms. The lowest BCUT2D eigenvalue weighted by Crippen LogP contribution is -2.54. The number of rotatable bonds is 5. The van der Waals surface area contributed by atoms with Crippen LogP contribution < -0.4 is 0 Å². The molecule has 0 N–H and O–H groups in total. The SMILES string of the molecule is C[C@H](CCCC(F)(C(F)(F)F)C(F)(F)F)[C@H]1CC(=O)[C@H]2[C@@H]3CC[C@H]4CCCC[C@]4(C)[C@H]3CC[C@]12C. The van der Waals surface area contributed by atoms with Gasteiger partial charge in [0.1, 0.15) is 5.78 Å². The van der Waals surface area contributed by atoms with Crippen molar-refractivity contribution < 1.29 is 35.5 Å². The minimum absolute atomic E-state index is 0.0476. The first-order valence-electron chi connectivity index (χ1n) is 13.4. The molecule has 202 valence electrons. The predicted molar refractivity (Wildman–Crippen MR) is 119 cm³/mol. The number of alkyl halides is 7. The van der Waals surface area contributed by atoms with E-state index in [-0.39, 0.29) is 40.8 Å². The third-order valence-electron chi connectivity index (χ3n) is 11.2. The smallest absolute Gasteiger partial charge is 0.299 e. The molecule has 4 aliphatic rings. The van der Waals surface area contributed by atoms with E-state index in [1.54, 1.807) is 0 Å². The van der Waals surface area contributed by atoms with Crippen LogP contribution in [0.4, 0.5) is 30.7 Å². The number of hydrogen-bond acceptors (Lipinski definition) is 1. The Hall–Kier alpha value is -0.820. The number of carbonyl (C=O) groups is 1. The molecule has 0 heterocycles. The van der Waals surface area contributed by atoms with Gasteiger partial charge < -0.3 is 0 Å². The fraction of sp³-hybridized carbons (Fsp3) is 0.963. The van der Waals surface area contributed by atoms with Gasteiger partial charge in [-0.3, -0.25) is 4.79 Å². The van der Waals surface area contributed by atoms with E-state index in [4.69, 9.17) is 0 Å². The summed E-state index contributed by atoms with van der Waals surface area (Å²) >= 11 is 0. The van der Waals surface area contributed by atoms with Crippen molar-refractivity contribution in [2.75, 3.05) is 0 Å². The van der Waals surface area contributed by atoms with Gasteiger partial charge in [-0.05, 0) is 91.8 Å². The van der Waals surface area contributed by atoms with Crippen molar-refractivity contribution in [3.8, 4) is 0 Å². The third kappa shape index (κ3) is 4.24. The Kier molecular flexibility index (Phi) is 6.91. The molecular formula is C27H39F7O. The first-order valence-corrected chi connectivity index (χ1v) is 13.4. The van der Waals surface area contributed by atoms with Crippen molar-refractivity contribution in [2.45, 2.75) is 116 Å². The van der Waals surface area contributed by atoms with Gasteiger partial charge in [0, 0.05) is 12.3 Å². The van der Waals surface area contributed by atoms with E-state index in [0.717, 1.165) is 31.6 Å². The number of ketones is 1. The molecule has 0 aromatic rings. The topological polar surface area (TPSA) is 17.1 Å². The summed E-state index contributed by atoms with van der Waals surface area (Å²) in [5.41, 5.74) is -5.20. The molecule has 0 bridgehead atoms. The molecule has 0 aliphatic heterocycles. The molecule has 8 heteroatoms. The molecule has 4 fully saturated rings. The molecule has 0 aromatic heterocycles. The second-order valence-corrected chi connectivity index (χ2v) is 12.8. The largest absolute Gasteiger partial charge is 0.431 e. The van der Waals surface area contributed by atoms with Gasteiger partial charge in [-0.25, -0.2) is 4.39 Å². The molecule has 0 unspecified atom stereocenters. The molecule has 0 radical (unpaired) electrons. The van der Waals surface area contributed by atoms with Crippen LogP contribution in [0.15, 0.2) is 0 Å². The maximum Gasteiger partial charge on any atom is 0.431 e. The van der Waals surface area contributed by atoms with Crippen LogP contribution in [-0.4, -0.2) is 23.8 Å². The Morgan fingerprint density at radius 2 is 1.54 bits per heavy atom. The molecule has 0 amide bonds. The number of Topliss-reactive ketones (excluding diaryl/α,β-unsaturated/α-hetero) is 1. The first-order chi connectivity index (χ1) is 16.1. The lowest BCUT2D eigenvalue weighted by Gasteiger charge is -2.60. The molecule has 8 atom stereocenters. The summed E-state index contributed by atoms with van der Waals surface area (Å²) in [7, 11) is 0. The molecule has 0 saturated heterocycles. The Labute approximate surface area is 204 Å². The predicted octanol–water partition coefficient (Wildman–Crippen LogP) is 8.85. The zero-order valence-electron chi connectivity index (χ0n) is 21.0. The monoisotopic (exact) mass is 512 g/mol. The number of halogens is 7. The Balaban J connectivity index is 1.46. The van der Waals surface area contributed by atoms with Crippen LogP contribution in [0.25, 0.3) is 0 Å². The zero-order valence-corrected chi connectivity index (χ0v) is 21.0. The van der Waals surface area contributed by atoms with E-state index < -0.39 is 30.9 Å². The second kappa shape index (κ2) is 8.89. The highest BCUT2D eigenvalue weighted by atomic mass is 19.4. The number of hydrogen-bond donors (Lipinski definition) is 0. The highest BCUT2D eigenvalue weighted by molar-refractivity contribution is 5.85. The maximum atomic E-state index is 14.1. The van der Waals surface area contributed by atoms with Gasteiger partial charge in [0.25, 0.3) is 5.67 Å². The highest BCUT2D eigenvalue weighted by Crippen LogP contribution is 2.67. The summed E-state index contributed by atoms with van der Waals surface area (Å²) in [6.45, 7) is 6.36. The van der Waals surface area contributed by atoms with Gasteiger partial charge in [0.05, 0.1) is 0 Å². The van der Waals surface area contributed by atoms with Crippen molar-refractivity contribution in [1.29, 1.82) is 0 Å². The summed E-state index contributed by atoms with van der Waals surface area (Å²) < 4.78 is 91.7. The fourth-order valence-corrected chi connectivity index (χ4v) is 9.29. The van der Waals surface area contributed by atoms with Crippen molar-refractivity contribution in [1.82, 2.24) is 0 Å². The van der Waals surface area contributed by atoms with Crippen molar-refractivity contribution >= 4 is 5.78 Å². The summed E-state index contributed by atoms with van der Waals surface area (Å²) in [5.74, 6) is 1.40. The van der Waals surface area contributed by atoms with Gasteiger partial charge in [0.2, 0.25) is 0 Å². The Morgan fingerprint density at radius 1 is 0.886 bits per heavy atom. The van der Waals surface area contributed by atoms with E-state index in [1.807, 2.05) is 6.92 Å². The molecule has 0 aromatic carbocycles. The molecule has 1 nitrogen and oxygen atoms in total. The van der Waals surface area contributed by atoms with E-state index in [0.29, 0.717) is 18.3 Å². The summed E-state index contributed by atoms with van der Waals surface area (Å²) in [4.78, 5) is 13.4. The van der Waals surface area contributed by atoms with Gasteiger partial charge >= 0.3 is 12.4 Å². The quantitative estimate of drug-likeness (QED) is 0.336. The lowest BCUT2D eigenvalue weighted by molar-refractivity contribution is -0.343. The van der Waals surface area contributed by atoms with Crippen molar-refractivity contribution in [3.63, 3.8) is 0 Å². The Bertz CT molecular complexity index is 790. The zero-order chi connectivity index (χ0) is 26.0. The van der Waals surface area contributed by atoms with Gasteiger partial charge in [-0.1, -0.05) is 40.0 Å². The maximum absolute atomic E-state index is 14.1. The minimum atomic E-state index is -6.00. The van der Waals surface area contributed by atoms with Crippen LogP contribution in [0.1, 0.15) is 97.8 Å². The van der Waals surface area contributed by atoms with Crippen molar-refractivity contribution in [2.24, 2.45) is 46.3 Å². The van der Waals surface area contributed by atoms with Crippen molar-refractivity contribution in [3.05, 3.63) is 0 Å². The van der Waals surface area contributed by atoms with Crippen LogP contribution in [0.3, 0.4) is 0 Å². The highest BCUT2D eigenvalue weighted by Gasteiger charge is 2.72. The fourth-order valence-electron chi connectivity index (χ4n) is 9.29. The lowest BCUT2D eigenvalue weighted by atomic mass is 9.44. The minimum Gasteiger partial charge on any atom is -0.299 e. The van der Waals surface area contributed by atoms with Crippen LogP contribution in [0.2, 0.25) is 0 Å². The molecular weight excluding hydrogens is 473 g/mol. The molecule has 4 saturated carbocycles. The van der Waals surface area contributed by atoms with Crippen LogP contribution >= 0.6 is 0 Å². The number of carbonyl (C=O) groups excluding carboxylic acids is 1. The van der Waals surface area contributed by atoms with E-state index in [2.05, 4.69) is 13.8 Å². The van der Waals surface area contributed by atoms with Crippen LogP contribution in [-0.2, 0) is 4.79 Å². The molecule has 4 rings (SSSR count). The van der Waals surface area contributed by atoms with E-state index in [9.17, 15) is 35.5 Å². The van der Waals surface area contributed by atoms with Gasteiger partial charge in [0.15, 0.2) is 0 Å². The summed E-state index contributed by atoms with van der Waals surface area (Å²) in [6.07, 6.45) is -4.68. The Morgan fingerprint density at radius 3 is 2.17 bits per heavy atom. The summed E-state index contributed by atoms with van der Waals surface area (Å²) in [5, 5.41) is 0. The average molecular weight is 513 g/mol. The standard InChI is InChI=1S/C27H39F7O/c1-16(7-6-13-25(28,26(29,30)31)27(32,33)34)20-15-21(35)22-18-10-9-17-8-4-5-12-23(17,2)19(18)11-14-24(20,22)3/h16-20,22H,4-15H2,1-3H3/t16-,17-,18-,19+,20-,22-,23+,24-/m1/s1. The van der Waals surface area contributed by atoms with E-state index >= 15 is 0 Å². The molecule has 35 heavy (non-hydrogen) atoms.